The van der Waals surface area contributed by atoms with Crippen molar-refractivity contribution in [1.82, 2.24) is 5.32 Å². The number of aryl methyl sites for hydroxylation is 1. The van der Waals surface area contributed by atoms with Crippen LogP contribution in [0.15, 0.2) is 24.3 Å². The average Bonchev–Trinajstić information content (AvgIpc) is 2.98. The van der Waals surface area contributed by atoms with Crippen molar-refractivity contribution >= 4 is 0 Å². The number of aliphatic hydroxyl groups is 1. The minimum atomic E-state index is -0.364. The molecule has 2 nitrogen and oxygen atoms in total. The second kappa shape index (κ2) is 4.11. The normalized spacial score (nSPS) is 18.1. The summed E-state index contributed by atoms with van der Waals surface area (Å²) < 4.78 is 0. The lowest BCUT2D eigenvalue weighted by atomic mass is 10.0. The summed E-state index contributed by atoms with van der Waals surface area (Å²) in [5.41, 5.74) is 2.21. The standard InChI is InChI=1S/C12H17NO/c1-9-4-2-3-5-11(9)12(14)8-13-10-6-7-10/h2-5,10,12-14H,6-8H2,1H3. The van der Waals surface area contributed by atoms with Crippen LogP contribution in [0.1, 0.15) is 30.1 Å². The quantitative estimate of drug-likeness (QED) is 0.760. The Labute approximate surface area is 85.0 Å². The molecule has 2 rings (SSSR count). The molecule has 0 saturated heterocycles. The third kappa shape index (κ3) is 2.34. The van der Waals surface area contributed by atoms with Gasteiger partial charge in [-0.1, -0.05) is 24.3 Å². The highest BCUT2D eigenvalue weighted by Crippen LogP contribution is 2.21. The predicted octanol–water partition coefficient (Wildman–Crippen LogP) is 1.78. The predicted molar refractivity (Wildman–Crippen MR) is 57.2 cm³/mol. The van der Waals surface area contributed by atoms with Gasteiger partial charge in [-0.05, 0) is 30.9 Å². The highest BCUT2D eigenvalue weighted by molar-refractivity contribution is 5.27. The van der Waals surface area contributed by atoms with Gasteiger partial charge in [0, 0.05) is 12.6 Å². The Bertz CT molecular complexity index is 307. The maximum Gasteiger partial charge on any atom is 0.0917 e. The van der Waals surface area contributed by atoms with Crippen molar-refractivity contribution in [3.8, 4) is 0 Å². The van der Waals surface area contributed by atoms with Crippen molar-refractivity contribution in [2.75, 3.05) is 6.54 Å². The maximum atomic E-state index is 9.92. The molecule has 0 aliphatic heterocycles. The van der Waals surface area contributed by atoms with E-state index in [-0.39, 0.29) is 6.10 Å². The lowest BCUT2D eigenvalue weighted by molar-refractivity contribution is 0.173. The van der Waals surface area contributed by atoms with E-state index in [1.54, 1.807) is 0 Å². The zero-order valence-electron chi connectivity index (χ0n) is 8.53. The molecule has 1 aromatic rings. The van der Waals surface area contributed by atoms with Gasteiger partial charge < -0.3 is 10.4 Å². The summed E-state index contributed by atoms with van der Waals surface area (Å²) in [6.07, 6.45) is 2.16. The van der Waals surface area contributed by atoms with E-state index in [0.717, 1.165) is 11.1 Å². The Hall–Kier alpha value is -0.860. The van der Waals surface area contributed by atoms with Crippen LogP contribution in [0.2, 0.25) is 0 Å². The van der Waals surface area contributed by atoms with Crippen LogP contribution in [0.3, 0.4) is 0 Å². The average molecular weight is 191 g/mol. The summed E-state index contributed by atoms with van der Waals surface area (Å²) in [4.78, 5) is 0. The fourth-order valence-electron chi connectivity index (χ4n) is 1.64. The second-order valence-corrected chi connectivity index (χ2v) is 4.05. The number of hydrogen-bond donors (Lipinski definition) is 2. The molecule has 1 aromatic carbocycles. The van der Waals surface area contributed by atoms with Crippen molar-refractivity contribution < 1.29 is 5.11 Å². The molecule has 1 fully saturated rings. The zero-order chi connectivity index (χ0) is 9.97. The zero-order valence-corrected chi connectivity index (χ0v) is 8.53. The molecule has 0 spiro atoms. The summed E-state index contributed by atoms with van der Waals surface area (Å²) in [5, 5.41) is 13.2. The fraction of sp³-hybridized carbons (Fsp3) is 0.500. The Balaban J connectivity index is 1.95. The van der Waals surface area contributed by atoms with Gasteiger partial charge in [-0.2, -0.15) is 0 Å². The van der Waals surface area contributed by atoms with Gasteiger partial charge >= 0.3 is 0 Å². The molecular formula is C12H17NO. The van der Waals surface area contributed by atoms with Crippen molar-refractivity contribution in [3.63, 3.8) is 0 Å². The molecule has 2 N–H and O–H groups in total. The Morgan fingerprint density at radius 2 is 2.14 bits per heavy atom. The van der Waals surface area contributed by atoms with E-state index >= 15 is 0 Å². The first-order chi connectivity index (χ1) is 6.77. The summed E-state index contributed by atoms with van der Waals surface area (Å²) >= 11 is 0. The molecule has 0 bridgehead atoms. The van der Waals surface area contributed by atoms with Gasteiger partial charge in [0.1, 0.15) is 0 Å². The van der Waals surface area contributed by atoms with Crippen molar-refractivity contribution in [1.29, 1.82) is 0 Å². The molecule has 1 unspecified atom stereocenters. The summed E-state index contributed by atoms with van der Waals surface area (Å²) in [6.45, 7) is 2.71. The van der Waals surface area contributed by atoms with Crippen LogP contribution in [0, 0.1) is 6.92 Å². The van der Waals surface area contributed by atoms with Crippen LogP contribution in [0.4, 0.5) is 0 Å². The number of nitrogens with one attached hydrogen (secondary N) is 1. The first kappa shape index (κ1) is 9.69. The monoisotopic (exact) mass is 191 g/mol. The molecular weight excluding hydrogens is 174 g/mol. The number of hydrogen-bond acceptors (Lipinski definition) is 2. The third-order valence-electron chi connectivity index (χ3n) is 2.72. The molecule has 1 aliphatic rings. The first-order valence-electron chi connectivity index (χ1n) is 5.24. The van der Waals surface area contributed by atoms with Crippen LogP contribution < -0.4 is 5.32 Å². The minimum Gasteiger partial charge on any atom is -0.387 e. The van der Waals surface area contributed by atoms with E-state index in [0.29, 0.717) is 12.6 Å². The molecule has 14 heavy (non-hydrogen) atoms. The molecule has 1 saturated carbocycles. The lowest BCUT2D eigenvalue weighted by Gasteiger charge is -2.13. The van der Waals surface area contributed by atoms with E-state index in [1.807, 2.05) is 31.2 Å². The van der Waals surface area contributed by atoms with Gasteiger partial charge in [-0.3, -0.25) is 0 Å². The van der Waals surface area contributed by atoms with E-state index in [9.17, 15) is 5.11 Å². The molecule has 1 atom stereocenters. The van der Waals surface area contributed by atoms with Crippen LogP contribution >= 0.6 is 0 Å². The van der Waals surface area contributed by atoms with E-state index < -0.39 is 0 Å². The van der Waals surface area contributed by atoms with E-state index in [2.05, 4.69) is 5.32 Å². The van der Waals surface area contributed by atoms with E-state index in [4.69, 9.17) is 0 Å². The molecule has 2 heteroatoms. The fourth-order valence-corrected chi connectivity index (χ4v) is 1.64. The van der Waals surface area contributed by atoms with Gasteiger partial charge in [0.05, 0.1) is 6.10 Å². The lowest BCUT2D eigenvalue weighted by Crippen LogP contribution is -2.23. The molecule has 0 heterocycles. The third-order valence-corrected chi connectivity index (χ3v) is 2.72. The van der Waals surface area contributed by atoms with Crippen LogP contribution in [-0.2, 0) is 0 Å². The van der Waals surface area contributed by atoms with Gasteiger partial charge in [0.15, 0.2) is 0 Å². The van der Waals surface area contributed by atoms with Crippen LogP contribution in [0.25, 0.3) is 0 Å². The van der Waals surface area contributed by atoms with Crippen LogP contribution in [-0.4, -0.2) is 17.7 Å². The van der Waals surface area contributed by atoms with Crippen LogP contribution in [0.5, 0.6) is 0 Å². The summed E-state index contributed by atoms with van der Waals surface area (Å²) in [5.74, 6) is 0. The SMILES string of the molecule is Cc1ccccc1C(O)CNC1CC1. The Morgan fingerprint density at radius 3 is 2.79 bits per heavy atom. The molecule has 0 aromatic heterocycles. The van der Waals surface area contributed by atoms with E-state index in [1.165, 1.54) is 12.8 Å². The van der Waals surface area contributed by atoms with Gasteiger partial charge in [-0.15, -0.1) is 0 Å². The van der Waals surface area contributed by atoms with Crippen molar-refractivity contribution in [2.24, 2.45) is 0 Å². The van der Waals surface area contributed by atoms with Gasteiger partial charge in [0.25, 0.3) is 0 Å². The number of benzene rings is 1. The molecule has 0 amide bonds. The smallest absolute Gasteiger partial charge is 0.0917 e. The highest BCUT2D eigenvalue weighted by Gasteiger charge is 2.21. The molecule has 0 radical (unpaired) electrons. The Morgan fingerprint density at radius 1 is 1.43 bits per heavy atom. The highest BCUT2D eigenvalue weighted by atomic mass is 16.3. The minimum absolute atomic E-state index is 0.364. The molecule has 76 valence electrons. The maximum absolute atomic E-state index is 9.92. The summed E-state index contributed by atoms with van der Waals surface area (Å²) in [7, 11) is 0. The van der Waals surface area contributed by atoms with Crippen molar-refractivity contribution in [3.05, 3.63) is 35.4 Å². The first-order valence-corrected chi connectivity index (χ1v) is 5.24. The summed E-state index contributed by atoms with van der Waals surface area (Å²) in [6, 6.07) is 8.67. The van der Waals surface area contributed by atoms with Crippen molar-refractivity contribution in [2.45, 2.75) is 31.9 Å². The number of aliphatic hydroxyl groups excluding tert-OH is 1. The second-order valence-electron chi connectivity index (χ2n) is 4.05. The van der Waals surface area contributed by atoms with Gasteiger partial charge in [0.2, 0.25) is 0 Å². The van der Waals surface area contributed by atoms with Gasteiger partial charge in [-0.25, -0.2) is 0 Å². The topological polar surface area (TPSA) is 32.3 Å². The number of rotatable bonds is 4. The molecule has 1 aliphatic carbocycles. The largest absolute Gasteiger partial charge is 0.387 e. The Kier molecular flexibility index (Phi) is 2.85.